The van der Waals surface area contributed by atoms with Gasteiger partial charge < -0.3 is 10.1 Å². The summed E-state index contributed by atoms with van der Waals surface area (Å²) in [6.45, 7) is 7.69. The molecule has 0 spiro atoms. The highest BCUT2D eigenvalue weighted by molar-refractivity contribution is 7.89. The molecule has 1 amide bonds. The van der Waals surface area contributed by atoms with Gasteiger partial charge in [0.15, 0.2) is 5.13 Å². The molecule has 11 heteroatoms. The van der Waals surface area contributed by atoms with Crippen LogP contribution < -0.4 is 10.0 Å². The smallest absolute Gasteiger partial charge is 0.244 e. The monoisotopic (exact) mass is 456 g/mol. The van der Waals surface area contributed by atoms with Crippen LogP contribution in [0.3, 0.4) is 0 Å². The highest BCUT2D eigenvalue weighted by Gasteiger charge is 2.26. The summed E-state index contributed by atoms with van der Waals surface area (Å²) >= 11 is 1.26. The second-order valence-corrected chi connectivity index (χ2v) is 9.90. The largest absolute Gasteiger partial charge is 0.373 e. The van der Waals surface area contributed by atoms with Gasteiger partial charge in [-0.05, 0) is 32.9 Å². The number of nitrogens with one attached hydrogen (secondary N) is 2. The van der Waals surface area contributed by atoms with Crippen molar-refractivity contribution in [3.63, 3.8) is 0 Å². The van der Waals surface area contributed by atoms with E-state index in [-0.39, 0.29) is 12.2 Å². The van der Waals surface area contributed by atoms with Crippen molar-refractivity contribution in [1.82, 2.24) is 14.6 Å². The van der Waals surface area contributed by atoms with Gasteiger partial charge in [-0.1, -0.05) is 12.1 Å². The molecule has 1 aliphatic heterocycles. The number of aromatic nitrogens is 1. The standard InChI is InChI=1S/C19H25FN4O4S2/c1-12-8-24(9-13(2)28-12)10-15-11-29-19(21-15)22-18(25)14(3)23-30(26,27)17-7-5-4-6-16(17)20/h4-7,11-14,23H,8-10H2,1-3H3,(H,21,22,25)/t12?,13?,14-/m0/s1. The molecular weight excluding hydrogens is 431 g/mol. The molecule has 8 nitrogen and oxygen atoms in total. The van der Waals surface area contributed by atoms with Gasteiger partial charge in [-0.15, -0.1) is 11.3 Å². The lowest BCUT2D eigenvalue weighted by Gasteiger charge is -2.34. The zero-order valence-corrected chi connectivity index (χ0v) is 18.6. The summed E-state index contributed by atoms with van der Waals surface area (Å²) in [4.78, 5) is 18.5. The number of sulfonamides is 1. The Morgan fingerprint density at radius 1 is 1.33 bits per heavy atom. The Hall–Kier alpha value is -1.92. The van der Waals surface area contributed by atoms with Gasteiger partial charge in [0.05, 0.1) is 23.9 Å². The van der Waals surface area contributed by atoms with Crippen LogP contribution in [0.25, 0.3) is 0 Å². The SMILES string of the molecule is CC1CN(Cc2csc(NC(=O)[C@H](C)NS(=O)(=O)c3ccccc3F)n2)CC(C)O1. The van der Waals surface area contributed by atoms with E-state index >= 15 is 0 Å². The third-order valence-electron chi connectivity index (χ3n) is 4.51. The number of thiazole rings is 1. The van der Waals surface area contributed by atoms with Crippen LogP contribution in [0.15, 0.2) is 34.5 Å². The minimum atomic E-state index is -4.17. The predicted molar refractivity (Wildman–Crippen MR) is 112 cm³/mol. The summed E-state index contributed by atoms with van der Waals surface area (Å²) in [6, 6.07) is 3.88. The third-order valence-corrected chi connectivity index (χ3v) is 6.89. The van der Waals surface area contributed by atoms with Crippen molar-refractivity contribution in [2.24, 2.45) is 0 Å². The number of halogens is 1. The van der Waals surface area contributed by atoms with Crippen LogP contribution in [0.5, 0.6) is 0 Å². The van der Waals surface area contributed by atoms with Gasteiger partial charge in [-0.25, -0.2) is 17.8 Å². The zero-order chi connectivity index (χ0) is 21.9. The molecule has 1 aromatic heterocycles. The topological polar surface area (TPSA) is 101 Å². The van der Waals surface area contributed by atoms with E-state index in [9.17, 15) is 17.6 Å². The molecule has 0 aliphatic carbocycles. The van der Waals surface area contributed by atoms with Gasteiger partial charge in [-0.2, -0.15) is 4.72 Å². The maximum atomic E-state index is 13.8. The number of morpholine rings is 1. The second-order valence-electron chi connectivity index (χ2n) is 7.36. The number of ether oxygens (including phenoxy) is 1. The van der Waals surface area contributed by atoms with Crippen LogP contribution in [0.1, 0.15) is 26.5 Å². The first-order valence-electron chi connectivity index (χ1n) is 9.54. The lowest BCUT2D eigenvalue weighted by molar-refractivity contribution is -0.117. The molecule has 0 bridgehead atoms. The molecule has 1 aromatic carbocycles. The van der Waals surface area contributed by atoms with Crippen LogP contribution in [-0.2, 0) is 26.1 Å². The average molecular weight is 457 g/mol. The number of nitrogens with zero attached hydrogens (tertiary/aromatic N) is 2. The molecule has 0 saturated carbocycles. The number of amides is 1. The van der Waals surface area contributed by atoms with Crippen molar-refractivity contribution < 1.29 is 22.3 Å². The highest BCUT2D eigenvalue weighted by atomic mass is 32.2. The van der Waals surface area contributed by atoms with E-state index in [4.69, 9.17) is 4.74 Å². The molecule has 3 rings (SSSR count). The van der Waals surface area contributed by atoms with Gasteiger partial charge in [0.25, 0.3) is 0 Å². The second kappa shape index (κ2) is 9.48. The molecule has 3 atom stereocenters. The van der Waals surface area contributed by atoms with Gasteiger partial charge in [0.2, 0.25) is 15.9 Å². The average Bonchev–Trinajstić information content (AvgIpc) is 3.07. The molecule has 2 heterocycles. The maximum absolute atomic E-state index is 13.8. The number of rotatable bonds is 7. The minimum Gasteiger partial charge on any atom is -0.373 e. The van der Waals surface area contributed by atoms with E-state index in [0.29, 0.717) is 11.7 Å². The van der Waals surface area contributed by atoms with Crippen LogP contribution in [-0.4, -0.2) is 55.5 Å². The number of carbonyl (C=O) groups excluding carboxylic acids is 1. The lowest BCUT2D eigenvalue weighted by atomic mass is 10.2. The molecule has 2 unspecified atom stereocenters. The zero-order valence-electron chi connectivity index (χ0n) is 17.0. The van der Waals surface area contributed by atoms with E-state index in [1.165, 1.54) is 30.4 Å². The van der Waals surface area contributed by atoms with E-state index in [1.807, 2.05) is 19.2 Å². The Morgan fingerprint density at radius 3 is 2.67 bits per heavy atom. The van der Waals surface area contributed by atoms with E-state index < -0.39 is 32.7 Å². The molecule has 30 heavy (non-hydrogen) atoms. The van der Waals surface area contributed by atoms with Crippen molar-refractivity contribution in [3.8, 4) is 0 Å². The summed E-state index contributed by atoms with van der Waals surface area (Å²) < 4.78 is 46.4. The molecule has 164 valence electrons. The summed E-state index contributed by atoms with van der Waals surface area (Å²) in [7, 11) is -4.17. The molecular formula is C19H25FN4O4S2. The number of anilines is 1. The van der Waals surface area contributed by atoms with Crippen molar-refractivity contribution >= 4 is 32.4 Å². The van der Waals surface area contributed by atoms with E-state index in [0.717, 1.165) is 30.9 Å². The number of benzene rings is 1. The van der Waals surface area contributed by atoms with Crippen molar-refractivity contribution in [2.45, 2.75) is 50.5 Å². The highest BCUT2D eigenvalue weighted by Crippen LogP contribution is 2.20. The Morgan fingerprint density at radius 2 is 2.00 bits per heavy atom. The summed E-state index contributed by atoms with van der Waals surface area (Å²) in [5, 5.41) is 4.84. The minimum absolute atomic E-state index is 0.148. The van der Waals surface area contributed by atoms with Crippen molar-refractivity contribution in [1.29, 1.82) is 0 Å². The molecule has 1 aliphatic rings. The van der Waals surface area contributed by atoms with E-state index in [1.54, 1.807) is 0 Å². The first-order valence-corrected chi connectivity index (χ1v) is 11.9. The molecule has 2 N–H and O–H groups in total. The molecule has 1 fully saturated rings. The predicted octanol–water partition coefficient (Wildman–Crippen LogP) is 2.20. The van der Waals surface area contributed by atoms with Crippen LogP contribution in [0, 0.1) is 5.82 Å². The molecule has 2 aromatic rings. The van der Waals surface area contributed by atoms with E-state index in [2.05, 4.69) is 19.9 Å². The molecule has 0 radical (unpaired) electrons. The summed E-state index contributed by atoms with van der Waals surface area (Å²) in [5.74, 6) is -1.46. The van der Waals surface area contributed by atoms with Crippen molar-refractivity contribution in [2.75, 3.05) is 18.4 Å². The van der Waals surface area contributed by atoms with Gasteiger partial charge in [0.1, 0.15) is 10.7 Å². The Balaban J connectivity index is 1.58. The fourth-order valence-corrected chi connectivity index (χ4v) is 5.29. The van der Waals surface area contributed by atoms with Gasteiger partial charge in [0, 0.05) is 25.0 Å². The summed E-state index contributed by atoms with van der Waals surface area (Å²) in [5.41, 5.74) is 0.816. The van der Waals surface area contributed by atoms with Crippen LogP contribution >= 0.6 is 11.3 Å². The number of carbonyl (C=O) groups is 1. The number of hydrogen-bond acceptors (Lipinski definition) is 7. The lowest BCUT2D eigenvalue weighted by Crippen LogP contribution is -2.44. The first kappa shape index (κ1) is 22.8. The van der Waals surface area contributed by atoms with Crippen LogP contribution in [0.2, 0.25) is 0 Å². The third kappa shape index (κ3) is 5.82. The normalized spacial score (nSPS) is 21.3. The quantitative estimate of drug-likeness (QED) is 0.663. The number of hydrogen-bond donors (Lipinski definition) is 2. The molecule has 1 saturated heterocycles. The van der Waals surface area contributed by atoms with Crippen LogP contribution in [0.4, 0.5) is 9.52 Å². The first-order chi connectivity index (χ1) is 14.1. The summed E-state index contributed by atoms with van der Waals surface area (Å²) in [6.07, 6.45) is 0.296. The maximum Gasteiger partial charge on any atom is 0.244 e. The van der Waals surface area contributed by atoms with Gasteiger partial charge >= 0.3 is 0 Å². The van der Waals surface area contributed by atoms with Gasteiger partial charge in [-0.3, -0.25) is 9.69 Å². The Kier molecular flexibility index (Phi) is 7.19. The fraction of sp³-hybridized carbons (Fsp3) is 0.474. The fourth-order valence-electron chi connectivity index (χ4n) is 3.31. The Bertz CT molecular complexity index is 988. The Labute approximate surface area is 179 Å². The van der Waals surface area contributed by atoms with Crippen molar-refractivity contribution in [3.05, 3.63) is 41.2 Å².